The number of nitrogens with zero attached hydrogens (tertiary/aromatic N) is 3. The first kappa shape index (κ1) is 19.4. The van der Waals surface area contributed by atoms with Crippen molar-refractivity contribution in [2.45, 2.75) is 25.9 Å². The van der Waals surface area contributed by atoms with Crippen molar-refractivity contribution in [1.82, 2.24) is 4.90 Å². The molecule has 2 aromatic carbocycles. The van der Waals surface area contributed by atoms with Crippen LogP contribution in [0.2, 0.25) is 5.02 Å². The van der Waals surface area contributed by atoms with Gasteiger partial charge in [-0.15, -0.1) is 0 Å². The van der Waals surface area contributed by atoms with E-state index in [2.05, 4.69) is 49.2 Å². The molecule has 2 aliphatic rings. The Balaban J connectivity index is 1.38. The summed E-state index contributed by atoms with van der Waals surface area (Å²) in [5.41, 5.74) is 3.69. The van der Waals surface area contributed by atoms with E-state index in [0.717, 1.165) is 54.3 Å². The van der Waals surface area contributed by atoms with Crippen LogP contribution >= 0.6 is 11.6 Å². The van der Waals surface area contributed by atoms with Gasteiger partial charge in [-0.1, -0.05) is 41.9 Å². The first-order valence-corrected chi connectivity index (χ1v) is 10.5. The Morgan fingerprint density at radius 1 is 1.14 bits per heavy atom. The molecule has 28 heavy (non-hydrogen) atoms. The average Bonchev–Trinajstić information content (AvgIpc) is 3.11. The summed E-state index contributed by atoms with van der Waals surface area (Å²) in [6.07, 6.45) is 0.968. The smallest absolute Gasteiger partial charge is 0.282 e. The third-order valence-electron chi connectivity index (χ3n) is 6.52. The molecule has 0 aromatic heterocycles. The van der Waals surface area contributed by atoms with Crippen molar-refractivity contribution in [3.8, 4) is 0 Å². The number of quaternary nitrogens is 1. The SMILES string of the molecule is C[C@@H]1CN(Cc2ccc(Cl)cc2)CC[N@@+]1(C)CC(=O)N1CCc2ccccc21. The first-order chi connectivity index (χ1) is 13.4. The van der Waals surface area contributed by atoms with Gasteiger partial charge in [0.05, 0.1) is 26.2 Å². The monoisotopic (exact) mass is 398 g/mol. The summed E-state index contributed by atoms with van der Waals surface area (Å²) in [5.74, 6) is 0.255. The van der Waals surface area contributed by atoms with Crippen LogP contribution in [0.15, 0.2) is 48.5 Å². The molecule has 0 saturated carbocycles. The summed E-state index contributed by atoms with van der Waals surface area (Å²) in [6, 6.07) is 16.8. The molecule has 0 unspecified atom stereocenters. The van der Waals surface area contributed by atoms with E-state index >= 15 is 0 Å². The zero-order valence-electron chi connectivity index (χ0n) is 16.8. The van der Waals surface area contributed by atoms with E-state index in [1.165, 1.54) is 11.1 Å². The lowest BCUT2D eigenvalue weighted by Gasteiger charge is -2.47. The Morgan fingerprint density at radius 3 is 2.64 bits per heavy atom. The van der Waals surface area contributed by atoms with Gasteiger partial charge in [-0.2, -0.15) is 0 Å². The van der Waals surface area contributed by atoms with Gasteiger partial charge in [-0.3, -0.25) is 9.69 Å². The van der Waals surface area contributed by atoms with Gasteiger partial charge in [0.2, 0.25) is 0 Å². The van der Waals surface area contributed by atoms with Gasteiger partial charge >= 0.3 is 0 Å². The number of hydrogen-bond donors (Lipinski definition) is 0. The van der Waals surface area contributed by atoms with Crippen molar-refractivity contribution in [2.75, 3.05) is 44.7 Å². The van der Waals surface area contributed by atoms with Crippen LogP contribution < -0.4 is 4.90 Å². The number of para-hydroxylation sites is 1. The van der Waals surface area contributed by atoms with Crippen LogP contribution in [0.5, 0.6) is 0 Å². The number of carbonyl (C=O) groups is 1. The molecule has 0 N–H and O–H groups in total. The van der Waals surface area contributed by atoms with Gasteiger partial charge in [0, 0.05) is 30.3 Å². The molecule has 2 aliphatic heterocycles. The predicted molar refractivity (Wildman–Crippen MR) is 115 cm³/mol. The van der Waals surface area contributed by atoms with Crippen molar-refractivity contribution >= 4 is 23.2 Å². The molecule has 0 spiro atoms. The number of anilines is 1. The maximum Gasteiger partial charge on any atom is 0.282 e. The number of piperazine rings is 1. The van der Waals surface area contributed by atoms with Crippen LogP contribution in [0, 0.1) is 0 Å². The van der Waals surface area contributed by atoms with E-state index in [-0.39, 0.29) is 5.91 Å². The van der Waals surface area contributed by atoms with Crippen LogP contribution in [0.3, 0.4) is 0 Å². The lowest BCUT2D eigenvalue weighted by atomic mass is 10.1. The van der Waals surface area contributed by atoms with Crippen LogP contribution in [0.4, 0.5) is 5.69 Å². The molecular weight excluding hydrogens is 370 g/mol. The van der Waals surface area contributed by atoms with E-state index in [4.69, 9.17) is 11.6 Å². The maximum absolute atomic E-state index is 13.1. The molecule has 148 valence electrons. The fourth-order valence-electron chi connectivity index (χ4n) is 4.47. The highest BCUT2D eigenvalue weighted by molar-refractivity contribution is 6.30. The molecule has 0 bridgehead atoms. The normalized spacial score (nSPS) is 25.0. The molecule has 2 heterocycles. The van der Waals surface area contributed by atoms with Crippen LogP contribution in [-0.2, 0) is 17.8 Å². The van der Waals surface area contributed by atoms with Gasteiger partial charge in [0.25, 0.3) is 5.91 Å². The van der Waals surface area contributed by atoms with Gasteiger partial charge in [-0.25, -0.2) is 0 Å². The fraction of sp³-hybridized carbons (Fsp3) is 0.435. The van der Waals surface area contributed by atoms with Crippen molar-refractivity contribution in [3.05, 3.63) is 64.7 Å². The van der Waals surface area contributed by atoms with E-state index in [9.17, 15) is 4.79 Å². The van der Waals surface area contributed by atoms with Crippen molar-refractivity contribution in [1.29, 1.82) is 0 Å². The summed E-state index contributed by atoms with van der Waals surface area (Å²) in [4.78, 5) is 17.6. The molecule has 1 saturated heterocycles. The Kier molecular flexibility index (Phi) is 5.46. The van der Waals surface area contributed by atoms with Crippen LogP contribution in [0.1, 0.15) is 18.1 Å². The van der Waals surface area contributed by atoms with Crippen molar-refractivity contribution < 1.29 is 9.28 Å². The molecule has 0 radical (unpaired) electrons. The topological polar surface area (TPSA) is 23.6 Å². The summed E-state index contributed by atoms with van der Waals surface area (Å²) in [7, 11) is 2.24. The molecule has 5 heteroatoms. The molecular formula is C23H29ClN3O+. The van der Waals surface area contributed by atoms with E-state index in [0.29, 0.717) is 12.6 Å². The zero-order chi connectivity index (χ0) is 19.7. The predicted octanol–water partition coefficient (Wildman–Crippen LogP) is 3.58. The largest absolute Gasteiger partial charge is 0.314 e. The van der Waals surface area contributed by atoms with Crippen molar-refractivity contribution in [3.63, 3.8) is 0 Å². The highest BCUT2D eigenvalue weighted by Crippen LogP contribution is 2.28. The fourth-order valence-corrected chi connectivity index (χ4v) is 4.60. The van der Waals surface area contributed by atoms with Gasteiger partial charge in [0.1, 0.15) is 0 Å². The average molecular weight is 399 g/mol. The highest BCUT2D eigenvalue weighted by Gasteiger charge is 2.39. The van der Waals surface area contributed by atoms with Crippen molar-refractivity contribution in [2.24, 2.45) is 0 Å². The second-order valence-corrected chi connectivity index (χ2v) is 8.93. The number of rotatable bonds is 4. The standard InChI is InChI=1S/C23H29ClN3O/c1-18-15-25(16-19-7-9-21(24)10-8-19)13-14-27(18,2)17-23(28)26-12-11-20-5-3-4-6-22(20)26/h3-10,18H,11-17H2,1-2H3/q+1/t18-,27+/m1/s1. The summed E-state index contributed by atoms with van der Waals surface area (Å²) >= 11 is 6.00. The molecule has 2 atom stereocenters. The Labute approximate surface area is 172 Å². The highest BCUT2D eigenvalue weighted by atomic mass is 35.5. The number of halogens is 1. The number of hydrogen-bond acceptors (Lipinski definition) is 2. The number of carbonyl (C=O) groups excluding carboxylic acids is 1. The summed E-state index contributed by atoms with van der Waals surface area (Å²) in [6.45, 7) is 7.61. The Bertz CT molecular complexity index is 853. The number of fused-ring (bicyclic) bond motifs is 1. The first-order valence-electron chi connectivity index (χ1n) is 10.1. The Hall–Kier alpha value is -1.88. The summed E-state index contributed by atoms with van der Waals surface area (Å²) < 4.78 is 0.814. The quantitative estimate of drug-likeness (QED) is 0.735. The second kappa shape index (κ2) is 7.86. The summed E-state index contributed by atoms with van der Waals surface area (Å²) in [5, 5.41) is 0.780. The number of amides is 1. The molecule has 4 nitrogen and oxygen atoms in total. The third-order valence-corrected chi connectivity index (χ3v) is 6.77. The molecule has 1 fully saturated rings. The Morgan fingerprint density at radius 2 is 1.89 bits per heavy atom. The van der Waals surface area contributed by atoms with Gasteiger partial charge in [-0.05, 0) is 42.7 Å². The minimum Gasteiger partial charge on any atom is -0.314 e. The van der Waals surface area contributed by atoms with Gasteiger partial charge in [0.15, 0.2) is 6.54 Å². The minimum absolute atomic E-state index is 0.255. The van der Waals surface area contributed by atoms with E-state index in [1.807, 2.05) is 23.1 Å². The van der Waals surface area contributed by atoms with E-state index < -0.39 is 0 Å². The lowest BCUT2D eigenvalue weighted by Crippen LogP contribution is -2.64. The molecule has 4 rings (SSSR count). The van der Waals surface area contributed by atoms with Gasteiger partial charge < -0.3 is 9.38 Å². The molecule has 1 amide bonds. The van der Waals surface area contributed by atoms with Crippen LogP contribution in [-0.4, -0.2) is 61.1 Å². The molecule has 2 aromatic rings. The minimum atomic E-state index is 0.255. The molecule has 0 aliphatic carbocycles. The second-order valence-electron chi connectivity index (χ2n) is 8.50. The lowest BCUT2D eigenvalue weighted by molar-refractivity contribution is -0.928. The maximum atomic E-state index is 13.1. The number of likely N-dealkylation sites (N-methyl/N-ethyl adjacent to an activating group) is 1. The number of benzene rings is 2. The zero-order valence-corrected chi connectivity index (χ0v) is 17.5. The third kappa shape index (κ3) is 3.95. The van der Waals surface area contributed by atoms with Crippen LogP contribution in [0.25, 0.3) is 0 Å². The van der Waals surface area contributed by atoms with E-state index in [1.54, 1.807) is 0 Å².